The van der Waals surface area contributed by atoms with Gasteiger partial charge in [0, 0.05) is 12.1 Å². The van der Waals surface area contributed by atoms with E-state index in [-0.39, 0.29) is 6.04 Å². The van der Waals surface area contributed by atoms with Crippen LogP contribution in [0.1, 0.15) is 41.3 Å². The van der Waals surface area contributed by atoms with Crippen LogP contribution in [0.2, 0.25) is 0 Å². The molecule has 0 bridgehead atoms. The molecule has 2 atom stereocenters. The number of hydrogen-bond acceptors (Lipinski definition) is 3. The molecular formula is C19H23NO2. The number of benzene rings is 2. The zero-order chi connectivity index (χ0) is 15.7. The molecule has 2 aromatic carbocycles. The van der Waals surface area contributed by atoms with Crippen LogP contribution in [0, 0.1) is 6.92 Å². The average molecular weight is 297 g/mol. The summed E-state index contributed by atoms with van der Waals surface area (Å²) in [5.41, 5.74) is 5.24. The van der Waals surface area contributed by atoms with E-state index in [9.17, 15) is 0 Å². The summed E-state index contributed by atoms with van der Waals surface area (Å²) in [6.07, 6.45) is 0.961. The molecule has 3 nitrogen and oxygen atoms in total. The van der Waals surface area contributed by atoms with Crippen LogP contribution < -0.4 is 14.8 Å². The number of methoxy groups -OCH3 is 2. The van der Waals surface area contributed by atoms with E-state index in [0.717, 1.165) is 17.9 Å². The zero-order valence-corrected chi connectivity index (χ0v) is 13.6. The second-order valence-electron chi connectivity index (χ2n) is 5.96. The third-order valence-corrected chi connectivity index (χ3v) is 4.47. The Morgan fingerprint density at radius 1 is 1.00 bits per heavy atom. The van der Waals surface area contributed by atoms with Crippen molar-refractivity contribution >= 4 is 0 Å². The number of hydrogen-bond donors (Lipinski definition) is 1. The molecule has 0 amide bonds. The molecule has 1 N–H and O–H groups in total. The van der Waals surface area contributed by atoms with Gasteiger partial charge < -0.3 is 14.8 Å². The predicted molar refractivity (Wildman–Crippen MR) is 88.7 cm³/mol. The van der Waals surface area contributed by atoms with Gasteiger partial charge in [-0.2, -0.15) is 0 Å². The lowest BCUT2D eigenvalue weighted by Crippen LogP contribution is -2.31. The molecule has 0 saturated heterocycles. The van der Waals surface area contributed by atoms with E-state index in [1.807, 2.05) is 0 Å². The molecule has 3 heteroatoms. The van der Waals surface area contributed by atoms with Crippen LogP contribution in [0.15, 0.2) is 36.4 Å². The Bertz CT molecular complexity index is 664. The van der Waals surface area contributed by atoms with Crippen molar-refractivity contribution in [2.75, 3.05) is 14.2 Å². The first kappa shape index (κ1) is 14.9. The fourth-order valence-electron chi connectivity index (χ4n) is 3.20. The van der Waals surface area contributed by atoms with Crippen molar-refractivity contribution in [2.24, 2.45) is 0 Å². The smallest absolute Gasteiger partial charge is 0.161 e. The van der Waals surface area contributed by atoms with E-state index in [2.05, 4.69) is 55.6 Å². The van der Waals surface area contributed by atoms with Crippen molar-refractivity contribution in [3.05, 3.63) is 58.7 Å². The first-order chi connectivity index (χ1) is 10.6. The van der Waals surface area contributed by atoms with Gasteiger partial charge in [-0.1, -0.05) is 29.8 Å². The minimum Gasteiger partial charge on any atom is -0.493 e. The fourth-order valence-corrected chi connectivity index (χ4v) is 3.20. The first-order valence-electron chi connectivity index (χ1n) is 7.69. The van der Waals surface area contributed by atoms with Crippen molar-refractivity contribution in [1.29, 1.82) is 0 Å². The molecule has 1 aliphatic rings. The predicted octanol–water partition coefficient (Wildman–Crippen LogP) is 3.96. The molecule has 0 unspecified atom stereocenters. The molecule has 0 spiro atoms. The molecule has 0 fully saturated rings. The summed E-state index contributed by atoms with van der Waals surface area (Å²) in [5, 5.41) is 3.70. The fraction of sp³-hybridized carbons (Fsp3) is 0.368. The maximum absolute atomic E-state index is 5.45. The van der Waals surface area contributed by atoms with Gasteiger partial charge in [-0.15, -0.1) is 0 Å². The molecule has 0 saturated carbocycles. The van der Waals surface area contributed by atoms with Crippen molar-refractivity contribution in [3.63, 3.8) is 0 Å². The van der Waals surface area contributed by atoms with Crippen molar-refractivity contribution in [2.45, 2.75) is 32.4 Å². The number of rotatable bonds is 3. The van der Waals surface area contributed by atoms with E-state index in [1.165, 1.54) is 22.3 Å². The normalized spacial score (nSPS) is 20.4. The van der Waals surface area contributed by atoms with Crippen molar-refractivity contribution < 1.29 is 9.47 Å². The summed E-state index contributed by atoms with van der Waals surface area (Å²) in [5.74, 6) is 1.60. The van der Waals surface area contributed by atoms with Crippen LogP contribution in [0.5, 0.6) is 11.5 Å². The zero-order valence-electron chi connectivity index (χ0n) is 13.6. The summed E-state index contributed by atoms with van der Waals surface area (Å²) >= 11 is 0. The van der Waals surface area contributed by atoms with E-state index < -0.39 is 0 Å². The molecule has 0 aromatic heterocycles. The van der Waals surface area contributed by atoms with Gasteiger partial charge in [-0.05, 0) is 49.1 Å². The third kappa shape index (κ3) is 2.69. The Morgan fingerprint density at radius 2 is 1.64 bits per heavy atom. The van der Waals surface area contributed by atoms with Gasteiger partial charge in [-0.25, -0.2) is 0 Å². The molecule has 0 aliphatic carbocycles. The lowest BCUT2D eigenvalue weighted by atomic mass is 9.87. The van der Waals surface area contributed by atoms with Gasteiger partial charge in [0.25, 0.3) is 0 Å². The highest BCUT2D eigenvalue weighted by atomic mass is 16.5. The average Bonchev–Trinajstić information content (AvgIpc) is 2.54. The highest BCUT2D eigenvalue weighted by molar-refractivity contribution is 5.50. The first-order valence-corrected chi connectivity index (χ1v) is 7.69. The van der Waals surface area contributed by atoms with Gasteiger partial charge in [-0.3, -0.25) is 0 Å². The van der Waals surface area contributed by atoms with E-state index in [1.54, 1.807) is 14.2 Å². The molecule has 116 valence electrons. The second-order valence-corrected chi connectivity index (χ2v) is 5.96. The summed E-state index contributed by atoms with van der Waals surface area (Å²) < 4.78 is 10.9. The standard InChI is InChI=1S/C19H23NO2/c1-12-5-7-14(8-6-12)17-9-15-10-18(21-3)19(22-4)11-16(15)13(2)20-17/h5-8,10-11,13,17,20H,9H2,1-4H3/t13-,17-/m0/s1. The highest BCUT2D eigenvalue weighted by Gasteiger charge is 2.26. The molecule has 2 aromatic rings. The molecule has 3 rings (SSSR count). The monoisotopic (exact) mass is 297 g/mol. The third-order valence-electron chi connectivity index (χ3n) is 4.47. The Morgan fingerprint density at radius 3 is 2.27 bits per heavy atom. The van der Waals surface area contributed by atoms with Crippen LogP contribution in [0.4, 0.5) is 0 Å². The van der Waals surface area contributed by atoms with Gasteiger partial charge in [0.05, 0.1) is 14.2 Å². The highest BCUT2D eigenvalue weighted by Crippen LogP contribution is 2.38. The van der Waals surface area contributed by atoms with Gasteiger partial charge in [0.2, 0.25) is 0 Å². The molecule has 0 radical (unpaired) electrons. The van der Waals surface area contributed by atoms with E-state index in [0.29, 0.717) is 6.04 Å². The summed E-state index contributed by atoms with van der Waals surface area (Å²) in [7, 11) is 3.37. The van der Waals surface area contributed by atoms with Gasteiger partial charge >= 0.3 is 0 Å². The number of nitrogens with one attached hydrogen (secondary N) is 1. The van der Waals surface area contributed by atoms with E-state index >= 15 is 0 Å². The molecular weight excluding hydrogens is 274 g/mol. The largest absolute Gasteiger partial charge is 0.493 e. The molecule has 1 aliphatic heterocycles. The minimum absolute atomic E-state index is 0.287. The minimum atomic E-state index is 0.287. The summed E-state index contributed by atoms with van der Waals surface area (Å²) in [4.78, 5) is 0. The maximum atomic E-state index is 5.45. The summed E-state index contributed by atoms with van der Waals surface area (Å²) in [6, 6.07) is 13.6. The molecule has 22 heavy (non-hydrogen) atoms. The van der Waals surface area contributed by atoms with Crippen LogP contribution in [0.25, 0.3) is 0 Å². The van der Waals surface area contributed by atoms with Crippen molar-refractivity contribution in [1.82, 2.24) is 5.32 Å². The van der Waals surface area contributed by atoms with Crippen LogP contribution in [-0.2, 0) is 6.42 Å². The maximum Gasteiger partial charge on any atom is 0.161 e. The number of fused-ring (bicyclic) bond motifs is 1. The number of aryl methyl sites for hydroxylation is 1. The lowest BCUT2D eigenvalue weighted by molar-refractivity contribution is 0.350. The lowest BCUT2D eigenvalue weighted by Gasteiger charge is -2.32. The Hall–Kier alpha value is -2.00. The Kier molecular flexibility index (Phi) is 4.08. The topological polar surface area (TPSA) is 30.5 Å². The summed E-state index contributed by atoms with van der Waals surface area (Å²) in [6.45, 7) is 4.32. The van der Waals surface area contributed by atoms with Gasteiger partial charge in [0.15, 0.2) is 11.5 Å². The van der Waals surface area contributed by atoms with Crippen molar-refractivity contribution in [3.8, 4) is 11.5 Å². The quantitative estimate of drug-likeness (QED) is 0.930. The van der Waals surface area contributed by atoms with E-state index in [4.69, 9.17) is 9.47 Å². The van der Waals surface area contributed by atoms with Crippen LogP contribution in [-0.4, -0.2) is 14.2 Å². The molecule has 1 heterocycles. The second kappa shape index (κ2) is 6.01. The van der Waals surface area contributed by atoms with Crippen LogP contribution in [0.3, 0.4) is 0 Å². The van der Waals surface area contributed by atoms with Gasteiger partial charge in [0.1, 0.15) is 0 Å². The van der Waals surface area contributed by atoms with Crippen LogP contribution >= 0.6 is 0 Å². The Labute approximate surface area is 132 Å². The SMILES string of the molecule is COc1cc2c(cc1OC)[C@H](C)N[C@H](c1ccc(C)cc1)C2. The number of ether oxygens (including phenoxy) is 2. The Balaban J connectivity index is 1.96.